The summed E-state index contributed by atoms with van der Waals surface area (Å²) in [4.78, 5) is 19.7. The van der Waals surface area contributed by atoms with Crippen molar-refractivity contribution in [3.8, 4) is 0 Å². The standard InChI is InChI=1S/C10H18N6O/c1-4-12-10(17)6(2)13-8-5-9(16-11)15-7(3)14-8/h5-6H,4,11H2,1-3H3,(H,12,17)(H2,13,14,15,16). The van der Waals surface area contributed by atoms with E-state index in [0.717, 1.165) is 0 Å². The molecule has 1 aromatic rings. The van der Waals surface area contributed by atoms with E-state index in [-0.39, 0.29) is 11.9 Å². The molecule has 1 unspecified atom stereocenters. The lowest BCUT2D eigenvalue weighted by Gasteiger charge is -2.14. The van der Waals surface area contributed by atoms with Crippen LogP contribution in [0.2, 0.25) is 0 Å². The van der Waals surface area contributed by atoms with Gasteiger partial charge in [-0.2, -0.15) is 0 Å². The fourth-order valence-corrected chi connectivity index (χ4v) is 1.33. The van der Waals surface area contributed by atoms with Crippen molar-refractivity contribution in [2.24, 2.45) is 5.84 Å². The Morgan fingerprint density at radius 1 is 1.47 bits per heavy atom. The summed E-state index contributed by atoms with van der Waals surface area (Å²) in [5.74, 6) is 6.84. The first-order valence-corrected chi connectivity index (χ1v) is 5.43. The van der Waals surface area contributed by atoms with E-state index in [2.05, 4.69) is 26.0 Å². The average Bonchev–Trinajstić information content (AvgIpc) is 2.28. The summed E-state index contributed by atoms with van der Waals surface area (Å²) in [5.41, 5.74) is 2.44. The molecule has 0 aliphatic carbocycles. The van der Waals surface area contributed by atoms with E-state index >= 15 is 0 Å². The molecule has 5 N–H and O–H groups in total. The van der Waals surface area contributed by atoms with Crippen LogP contribution in [-0.4, -0.2) is 28.5 Å². The van der Waals surface area contributed by atoms with Crippen molar-refractivity contribution in [3.05, 3.63) is 11.9 Å². The van der Waals surface area contributed by atoms with Crippen LogP contribution in [0.3, 0.4) is 0 Å². The van der Waals surface area contributed by atoms with E-state index in [9.17, 15) is 4.79 Å². The van der Waals surface area contributed by atoms with Crippen LogP contribution in [0.25, 0.3) is 0 Å². The summed E-state index contributed by atoms with van der Waals surface area (Å²) >= 11 is 0. The molecule has 7 nitrogen and oxygen atoms in total. The Bertz CT molecular complexity index is 394. The minimum atomic E-state index is -0.366. The number of rotatable bonds is 5. The lowest BCUT2D eigenvalue weighted by Crippen LogP contribution is -2.37. The van der Waals surface area contributed by atoms with Gasteiger partial charge in [-0.1, -0.05) is 0 Å². The molecule has 0 fully saturated rings. The number of hydrogen-bond donors (Lipinski definition) is 4. The number of amides is 1. The second-order valence-corrected chi connectivity index (χ2v) is 3.59. The number of anilines is 2. The fourth-order valence-electron chi connectivity index (χ4n) is 1.33. The van der Waals surface area contributed by atoms with Crippen LogP contribution in [0.15, 0.2) is 6.07 Å². The molecule has 0 saturated carbocycles. The van der Waals surface area contributed by atoms with Crippen molar-refractivity contribution < 1.29 is 4.79 Å². The van der Waals surface area contributed by atoms with Crippen LogP contribution >= 0.6 is 0 Å². The van der Waals surface area contributed by atoms with Gasteiger partial charge >= 0.3 is 0 Å². The van der Waals surface area contributed by atoms with Crippen molar-refractivity contribution in [1.29, 1.82) is 0 Å². The monoisotopic (exact) mass is 238 g/mol. The smallest absolute Gasteiger partial charge is 0.242 e. The molecule has 0 aliphatic heterocycles. The maximum atomic E-state index is 11.5. The van der Waals surface area contributed by atoms with E-state index in [1.165, 1.54) is 0 Å². The van der Waals surface area contributed by atoms with Crippen molar-refractivity contribution in [3.63, 3.8) is 0 Å². The molecule has 1 atom stereocenters. The lowest BCUT2D eigenvalue weighted by atomic mass is 10.3. The summed E-state index contributed by atoms with van der Waals surface area (Å²) in [6.07, 6.45) is 0. The Balaban J connectivity index is 2.73. The first kappa shape index (κ1) is 13.2. The number of aromatic nitrogens is 2. The van der Waals surface area contributed by atoms with Crippen LogP contribution in [0.5, 0.6) is 0 Å². The molecule has 17 heavy (non-hydrogen) atoms. The van der Waals surface area contributed by atoms with Gasteiger partial charge < -0.3 is 16.1 Å². The van der Waals surface area contributed by atoms with E-state index < -0.39 is 0 Å². The van der Waals surface area contributed by atoms with Crippen LogP contribution < -0.4 is 21.9 Å². The highest BCUT2D eigenvalue weighted by Gasteiger charge is 2.12. The molecular weight excluding hydrogens is 220 g/mol. The van der Waals surface area contributed by atoms with Gasteiger partial charge in [-0.15, -0.1) is 0 Å². The number of carbonyl (C=O) groups is 1. The number of aryl methyl sites for hydroxylation is 1. The second-order valence-electron chi connectivity index (χ2n) is 3.59. The van der Waals surface area contributed by atoms with E-state index in [0.29, 0.717) is 24.0 Å². The van der Waals surface area contributed by atoms with Gasteiger partial charge in [0.15, 0.2) is 0 Å². The lowest BCUT2D eigenvalue weighted by molar-refractivity contribution is -0.121. The number of nitrogen functional groups attached to an aromatic ring is 1. The summed E-state index contributed by atoms with van der Waals surface area (Å²) in [6, 6.07) is 1.28. The third-order valence-corrected chi connectivity index (χ3v) is 2.09. The second kappa shape index (κ2) is 6.00. The zero-order valence-corrected chi connectivity index (χ0v) is 10.2. The Morgan fingerprint density at radius 3 is 2.71 bits per heavy atom. The van der Waals surface area contributed by atoms with Gasteiger partial charge in [0.1, 0.15) is 23.5 Å². The molecule has 94 valence electrons. The number of hydrogen-bond acceptors (Lipinski definition) is 6. The highest BCUT2D eigenvalue weighted by atomic mass is 16.2. The van der Waals surface area contributed by atoms with Gasteiger partial charge in [0.2, 0.25) is 5.91 Å². The van der Waals surface area contributed by atoms with E-state index in [4.69, 9.17) is 5.84 Å². The summed E-state index contributed by atoms with van der Waals surface area (Å²) in [7, 11) is 0. The number of nitrogens with zero attached hydrogens (tertiary/aromatic N) is 2. The largest absolute Gasteiger partial charge is 0.358 e. The van der Waals surface area contributed by atoms with Crippen molar-refractivity contribution in [1.82, 2.24) is 15.3 Å². The maximum Gasteiger partial charge on any atom is 0.242 e. The highest BCUT2D eigenvalue weighted by molar-refractivity contribution is 5.83. The van der Waals surface area contributed by atoms with Crippen LogP contribution in [0, 0.1) is 6.92 Å². The number of likely N-dealkylation sites (N-methyl/N-ethyl adjacent to an activating group) is 1. The van der Waals surface area contributed by atoms with Gasteiger partial charge in [0.05, 0.1) is 0 Å². The van der Waals surface area contributed by atoms with Crippen molar-refractivity contribution >= 4 is 17.5 Å². The van der Waals surface area contributed by atoms with Crippen LogP contribution in [-0.2, 0) is 4.79 Å². The minimum Gasteiger partial charge on any atom is -0.358 e. The van der Waals surface area contributed by atoms with E-state index in [1.54, 1.807) is 19.9 Å². The molecule has 1 rings (SSSR count). The first-order valence-electron chi connectivity index (χ1n) is 5.43. The molecular formula is C10H18N6O. The van der Waals surface area contributed by atoms with Crippen LogP contribution in [0.4, 0.5) is 11.6 Å². The predicted molar refractivity (Wildman–Crippen MR) is 66.3 cm³/mol. The summed E-state index contributed by atoms with van der Waals surface area (Å²) < 4.78 is 0. The molecule has 0 spiro atoms. The summed E-state index contributed by atoms with van der Waals surface area (Å²) in [6.45, 7) is 5.99. The quantitative estimate of drug-likeness (QED) is 0.425. The Kier molecular flexibility index (Phi) is 4.65. The van der Waals surface area contributed by atoms with Gasteiger partial charge in [0.25, 0.3) is 0 Å². The molecule has 7 heteroatoms. The highest BCUT2D eigenvalue weighted by Crippen LogP contribution is 2.10. The molecule has 0 aliphatic rings. The molecule has 1 aromatic heterocycles. The van der Waals surface area contributed by atoms with Crippen molar-refractivity contribution in [2.75, 3.05) is 17.3 Å². The van der Waals surface area contributed by atoms with Gasteiger partial charge in [-0.3, -0.25) is 4.79 Å². The third-order valence-electron chi connectivity index (χ3n) is 2.09. The van der Waals surface area contributed by atoms with Crippen molar-refractivity contribution in [2.45, 2.75) is 26.8 Å². The average molecular weight is 238 g/mol. The van der Waals surface area contributed by atoms with Gasteiger partial charge in [-0.25, -0.2) is 15.8 Å². The normalized spacial score (nSPS) is 11.8. The third kappa shape index (κ3) is 3.87. The SMILES string of the molecule is CCNC(=O)C(C)Nc1cc(NN)nc(C)n1. The topological polar surface area (TPSA) is 105 Å². The number of nitrogens with two attached hydrogens (primary N) is 1. The van der Waals surface area contributed by atoms with Crippen LogP contribution in [0.1, 0.15) is 19.7 Å². The minimum absolute atomic E-state index is 0.0778. The molecule has 0 aromatic carbocycles. The Hall–Kier alpha value is -1.89. The Morgan fingerprint density at radius 2 is 2.12 bits per heavy atom. The summed E-state index contributed by atoms with van der Waals surface area (Å²) in [5, 5.41) is 5.71. The number of carbonyl (C=O) groups excluding carboxylic acids is 1. The number of hydrazine groups is 1. The van der Waals surface area contributed by atoms with Gasteiger partial charge in [-0.05, 0) is 20.8 Å². The zero-order valence-electron chi connectivity index (χ0n) is 10.2. The maximum absolute atomic E-state index is 11.5. The molecule has 0 saturated heterocycles. The zero-order chi connectivity index (χ0) is 12.8. The fraction of sp³-hybridized carbons (Fsp3) is 0.500. The predicted octanol–water partition coefficient (Wildman–Crippen LogP) is 0.00712. The molecule has 1 heterocycles. The Labute approximate surface area is 100 Å². The van der Waals surface area contributed by atoms with Gasteiger partial charge in [0, 0.05) is 12.6 Å². The molecule has 0 bridgehead atoms. The molecule has 1 amide bonds. The first-order chi connectivity index (χ1) is 8.06. The number of nitrogens with one attached hydrogen (secondary N) is 3. The molecule has 0 radical (unpaired) electrons. The van der Waals surface area contributed by atoms with E-state index in [1.807, 2.05) is 6.92 Å².